The van der Waals surface area contributed by atoms with Crippen LogP contribution in [0.25, 0.3) is 0 Å². The summed E-state index contributed by atoms with van der Waals surface area (Å²) in [5.74, 6) is 0.486. The highest BCUT2D eigenvalue weighted by atomic mass is 32.2. The Hall–Kier alpha value is -0.130. The van der Waals surface area contributed by atoms with E-state index in [-0.39, 0.29) is 6.54 Å². The van der Waals surface area contributed by atoms with Gasteiger partial charge in [-0.05, 0) is 19.3 Å². The fourth-order valence-electron chi connectivity index (χ4n) is 1.50. The Balaban J connectivity index is 2.71. The van der Waals surface area contributed by atoms with Crippen molar-refractivity contribution in [2.75, 3.05) is 19.6 Å². The van der Waals surface area contributed by atoms with Crippen molar-refractivity contribution in [2.24, 2.45) is 11.7 Å². The largest absolute Gasteiger partial charge is 0.329 e. The van der Waals surface area contributed by atoms with Gasteiger partial charge in [-0.1, -0.05) is 6.92 Å². The van der Waals surface area contributed by atoms with Crippen molar-refractivity contribution in [1.82, 2.24) is 4.31 Å². The average molecular weight is 206 g/mol. The summed E-state index contributed by atoms with van der Waals surface area (Å²) in [5.41, 5.74) is 5.35. The molecule has 2 atom stereocenters. The Morgan fingerprint density at radius 1 is 1.62 bits per heavy atom. The lowest BCUT2D eigenvalue weighted by Gasteiger charge is -2.20. The van der Waals surface area contributed by atoms with E-state index in [4.69, 9.17) is 5.73 Å². The number of rotatable bonds is 3. The molecular weight excluding hydrogens is 188 g/mol. The van der Waals surface area contributed by atoms with Crippen LogP contribution in [0.5, 0.6) is 0 Å². The number of sulfonamides is 1. The molecule has 1 aliphatic heterocycles. The summed E-state index contributed by atoms with van der Waals surface area (Å²) in [5, 5.41) is -0.446. The van der Waals surface area contributed by atoms with Crippen molar-refractivity contribution in [3.63, 3.8) is 0 Å². The smallest absolute Gasteiger partial charge is 0.217 e. The molecule has 1 saturated heterocycles. The molecular formula is C8H18N2O2S. The van der Waals surface area contributed by atoms with Crippen molar-refractivity contribution >= 4 is 10.0 Å². The summed E-state index contributed by atoms with van der Waals surface area (Å²) < 4.78 is 25.1. The van der Waals surface area contributed by atoms with E-state index in [0.717, 1.165) is 6.42 Å². The van der Waals surface area contributed by atoms with Gasteiger partial charge >= 0.3 is 0 Å². The third-order valence-corrected chi connectivity index (χ3v) is 4.85. The number of hydrogen-bond acceptors (Lipinski definition) is 3. The standard InChI is InChI=1S/C8H18N2O2S/c1-7-3-4-10(6-7)13(11,12)8(2)5-9/h7-8H,3-6,9H2,1-2H3. The molecule has 2 unspecified atom stereocenters. The Kier molecular flexibility index (Phi) is 3.32. The normalized spacial score (nSPS) is 27.8. The van der Waals surface area contributed by atoms with Crippen molar-refractivity contribution in [3.8, 4) is 0 Å². The second-order valence-corrected chi connectivity index (χ2v) is 6.19. The minimum Gasteiger partial charge on any atom is -0.329 e. The van der Waals surface area contributed by atoms with Gasteiger partial charge in [0.05, 0.1) is 5.25 Å². The van der Waals surface area contributed by atoms with Gasteiger partial charge in [0.15, 0.2) is 0 Å². The lowest BCUT2D eigenvalue weighted by atomic mass is 10.2. The first-order valence-electron chi connectivity index (χ1n) is 4.67. The summed E-state index contributed by atoms with van der Waals surface area (Å²) in [6.45, 7) is 5.26. The van der Waals surface area contributed by atoms with E-state index in [0.29, 0.717) is 19.0 Å². The third kappa shape index (κ3) is 2.21. The van der Waals surface area contributed by atoms with E-state index in [1.807, 2.05) is 0 Å². The van der Waals surface area contributed by atoms with Gasteiger partial charge in [0.25, 0.3) is 0 Å². The molecule has 1 rings (SSSR count). The molecule has 0 aliphatic carbocycles. The molecule has 0 aromatic rings. The second kappa shape index (κ2) is 3.94. The first-order chi connectivity index (χ1) is 5.98. The molecule has 0 saturated carbocycles. The minimum absolute atomic E-state index is 0.202. The predicted molar refractivity (Wildman–Crippen MR) is 52.8 cm³/mol. The Bertz CT molecular complexity index is 263. The SMILES string of the molecule is CC1CCN(S(=O)(=O)C(C)CN)C1. The average Bonchev–Trinajstić information content (AvgIpc) is 2.50. The van der Waals surface area contributed by atoms with E-state index in [1.54, 1.807) is 11.2 Å². The maximum atomic E-state index is 11.8. The fourth-order valence-corrected chi connectivity index (χ4v) is 3.08. The van der Waals surface area contributed by atoms with Crippen LogP contribution in [-0.4, -0.2) is 37.6 Å². The van der Waals surface area contributed by atoms with Crippen LogP contribution in [-0.2, 0) is 10.0 Å². The van der Waals surface area contributed by atoms with E-state index >= 15 is 0 Å². The molecule has 1 fully saturated rings. The topological polar surface area (TPSA) is 63.4 Å². The number of nitrogens with two attached hydrogens (primary N) is 1. The first-order valence-corrected chi connectivity index (χ1v) is 6.17. The molecule has 4 nitrogen and oxygen atoms in total. The summed E-state index contributed by atoms with van der Waals surface area (Å²) in [4.78, 5) is 0. The highest BCUT2D eigenvalue weighted by molar-refractivity contribution is 7.89. The predicted octanol–water partition coefficient (Wildman–Crippen LogP) is 0.00520. The van der Waals surface area contributed by atoms with Crippen molar-refractivity contribution < 1.29 is 8.42 Å². The molecule has 13 heavy (non-hydrogen) atoms. The highest BCUT2D eigenvalue weighted by Crippen LogP contribution is 2.20. The van der Waals surface area contributed by atoms with Gasteiger partial charge in [-0.15, -0.1) is 0 Å². The maximum absolute atomic E-state index is 11.8. The van der Waals surface area contributed by atoms with Gasteiger partial charge in [0.1, 0.15) is 0 Å². The molecule has 1 heterocycles. The van der Waals surface area contributed by atoms with Gasteiger partial charge in [-0.2, -0.15) is 0 Å². The van der Waals surface area contributed by atoms with Crippen LogP contribution in [0.1, 0.15) is 20.3 Å². The van der Waals surface area contributed by atoms with E-state index in [9.17, 15) is 8.42 Å². The third-order valence-electron chi connectivity index (χ3n) is 2.59. The Labute approximate surface area is 80.1 Å². The van der Waals surface area contributed by atoms with Gasteiger partial charge in [0, 0.05) is 19.6 Å². The molecule has 0 bridgehead atoms. The lowest BCUT2D eigenvalue weighted by Crippen LogP contribution is -2.39. The molecule has 0 amide bonds. The summed E-state index contributed by atoms with van der Waals surface area (Å²) in [6.07, 6.45) is 0.969. The zero-order valence-electron chi connectivity index (χ0n) is 8.23. The van der Waals surface area contributed by atoms with Crippen LogP contribution in [0, 0.1) is 5.92 Å². The molecule has 0 aromatic heterocycles. The van der Waals surface area contributed by atoms with Gasteiger partial charge in [-0.3, -0.25) is 0 Å². The monoisotopic (exact) mass is 206 g/mol. The molecule has 0 aromatic carbocycles. The van der Waals surface area contributed by atoms with Crippen molar-refractivity contribution in [2.45, 2.75) is 25.5 Å². The number of nitrogens with zero attached hydrogens (tertiary/aromatic N) is 1. The molecule has 0 spiro atoms. The second-order valence-electron chi connectivity index (χ2n) is 3.84. The maximum Gasteiger partial charge on any atom is 0.217 e. The molecule has 2 N–H and O–H groups in total. The summed E-state index contributed by atoms with van der Waals surface area (Å²) in [6, 6.07) is 0. The van der Waals surface area contributed by atoms with Crippen molar-refractivity contribution in [3.05, 3.63) is 0 Å². The Morgan fingerprint density at radius 2 is 2.23 bits per heavy atom. The van der Waals surface area contributed by atoms with Crippen LogP contribution < -0.4 is 5.73 Å². The zero-order chi connectivity index (χ0) is 10.1. The molecule has 0 radical (unpaired) electrons. The molecule has 1 aliphatic rings. The molecule has 78 valence electrons. The number of hydrogen-bond donors (Lipinski definition) is 1. The Morgan fingerprint density at radius 3 is 2.62 bits per heavy atom. The van der Waals surface area contributed by atoms with Gasteiger partial charge < -0.3 is 5.73 Å². The van der Waals surface area contributed by atoms with Crippen molar-refractivity contribution in [1.29, 1.82) is 0 Å². The molecule has 5 heteroatoms. The minimum atomic E-state index is -3.11. The van der Waals surface area contributed by atoms with Crippen LogP contribution in [0.3, 0.4) is 0 Å². The quantitative estimate of drug-likeness (QED) is 0.707. The van der Waals surface area contributed by atoms with Crippen LogP contribution in [0.4, 0.5) is 0 Å². The van der Waals surface area contributed by atoms with E-state index in [1.165, 1.54) is 0 Å². The van der Waals surface area contributed by atoms with Gasteiger partial charge in [0.2, 0.25) is 10.0 Å². The van der Waals surface area contributed by atoms with Crippen LogP contribution in [0.2, 0.25) is 0 Å². The zero-order valence-corrected chi connectivity index (χ0v) is 9.05. The highest BCUT2D eigenvalue weighted by Gasteiger charge is 2.32. The van der Waals surface area contributed by atoms with E-state index < -0.39 is 15.3 Å². The van der Waals surface area contributed by atoms with Crippen LogP contribution >= 0.6 is 0 Å². The lowest BCUT2D eigenvalue weighted by molar-refractivity contribution is 0.456. The summed E-state index contributed by atoms with van der Waals surface area (Å²) >= 11 is 0. The van der Waals surface area contributed by atoms with Crippen LogP contribution in [0.15, 0.2) is 0 Å². The summed E-state index contributed by atoms with van der Waals surface area (Å²) in [7, 11) is -3.11. The van der Waals surface area contributed by atoms with E-state index in [2.05, 4.69) is 6.92 Å². The van der Waals surface area contributed by atoms with Gasteiger partial charge in [-0.25, -0.2) is 12.7 Å². The fraction of sp³-hybridized carbons (Fsp3) is 1.00. The first kappa shape index (κ1) is 10.9.